The maximum absolute atomic E-state index is 12.9. The third-order valence-corrected chi connectivity index (χ3v) is 5.48. The Morgan fingerprint density at radius 2 is 1.64 bits per heavy atom. The standard InChI is InChI=1S/C18H21NO3/c1-3-12(11-6-4-10(2)5-7-11)19-17(20)15-13-8-9-14(22-13)16(15)18(19)21/h4-7,12-16H,3,8-9H2,1-2H3/t12-,13+,14+,15+,16+/m1/s1. The number of carbonyl (C=O) groups excluding carboxylic acids is 2. The predicted octanol–water partition coefficient (Wildman–Crippen LogP) is 2.61. The number of carbonyl (C=O) groups is 2. The van der Waals surface area contributed by atoms with Crippen LogP contribution in [0.15, 0.2) is 24.3 Å². The Kier molecular flexibility index (Phi) is 3.12. The summed E-state index contributed by atoms with van der Waals surface area (Å²) in [6.07, 6.45) is 2.51. The second-order valence-electron chi connectivity index (χ2n) is 6.72. The number of hydrogen-bond donors (Lipinski definition) is 0. The molecule has 0 aliphatic carbocycles. The van der Waals surface area contributed by atoms with Gasteiger partial charge in [0, 0.05) is 0 Å². The van der Waals surface area contributed by atoms with Gasteiger partial charge in [0.2, 0.25) is 11.8 Å². The minimum absolute atomic E-state index is 0.0189. The minimum Gasteiger partial charge on any atom is -0.373 e. The number of aryl methyl sites for hydroxylation is 1. The third kappa shape index (κ3) is 1.80. The Morgan fingerprint density at radius 3 is 2.14 bits per heavy atom. The summed E-state index contributed by atoms with van der Waals surface area (Å²) in [5, 5.41) is 0. The van der Waals surface area contributed by atoms with Gasteiger partial charge < -0.3 is 4.74 Å². The minimum atomic E-state index is -0.231. The van der Waals surface area contributed by atoms with Gasteiger partial charge in [0.25, 0.3) is 0 Å². The van der Waals surface area contributed by atoms with Gasteiger partial charge in [-0.05, 0) is 31.7 Å². The molecule has 0 radical (unpaired) electrons. The van der Waals surface area contributed by atoms with Gasteiger partial charge in [0.1, 0.15) is 0 Å². The molecule has 5 atom stereocenters. The Hall–Kier alpha value is -1.68. The molecule has 1 aromatic rings. The van der Waals surface area contributed by atoms with Crippen LogP contribution in [0.2, 0.25) is 0 Å². The molecular formula is C18H21NO3. The van der Waals surface area contributed by atoms with Gasteiger partial charge in [-0.25, -0.2) is 0 Å². The zero-order valence-corrected chi connectivity index (χ0v) is 13.0. The Morgan fingerprint density at radius 1 is 1.09 bits per heavy atom. The van der Waals surface area contributed by atoms with Crippen molar-refractivity contribution in [3.63, 3.8) is 0 Å². The van der Waals surface area contributed by atoms with Crippen molar-refractivity contribution in [3.8, 4) is 0 Å². The fraction of sp³-hybridized carbons (Fsp3) is 0.556. The summed E-state index contributed by atoms with van der Waals surface area (Å²) in [4.78, 5) is 27.2. The van der Waals surface area contributed by atoms with E-state index < -0.39 is 0 Å². The van der Waals surface area contributed by atoms with E-state index in [1.807, 2.05) is 38.1 Å². The molecule has 116 valence electrons. The number of imide groups is 1. The van der Waals surface area contributed by atoms with Gasteiger partial charge in [0.05, 0.1) is 30.1 Å². The lowest BCUT2D eigenvalue weighted by Gasteiger charge is -2.27. The lowest BCUT2D eigenvalue weighted by molar-refractivity contribution is -0.145. The normalized spacial score (nSPS) is 34.4. The van der Waals surface area contributed by atoms with Gasteiger partial charge in [-0.2, -0.15) is 0 Å². The van der Waals surface area contributed by atoms with Crippen molar-refractivity contribution in [2.75, 3.05) is 0 Å². The van der Waals surface area contributed by atoms with E-state index in [1.54, 1.807) is 0 Å². The maximum atomic E-state index is 12.9. The van der Waals surface area contributed by atoms with Gasteiger partial charge >= 0.3 is 0 Å². The molecule has 1 aromatic carbocycles. The van der Waals surface area contributed by atoms with Crippen molar-refractivity contribution in [2.24, 2.45) is 11.8 Å². The van der Waals surface area contributed by atoms with Gasteiger partial charge in [-0.3, -0.25) is 14.5 Å². The number of benzene rings is 1. The fourth-order valence-electron chi connectivity index (χ4n) is 4.40. The van der Waals surface area contributed by atoms with E-state index in [4.69, 9.17) is 4.74 Å². The van der Waals surface area contributed by atoms with Crippen LogP contribution in [0.4, 0.5) is 0 Å². The first-order valence-electron chi connectivity index (χ1n) is 8.20. The van der Waals surface area contributed by atoms with E-state index in [2.05, 4.69) is 0 Å². The molecule has 0 saturated carbocycles. The number of amides is 2. The summed E-state index contributed by atoms with van der Waals surface area (Å²) in [6.45, 7) is 4.07. The smallest absolute Gasteiger partial charge is 0.236 e. The third-order valence-electron chi connectivity index (χ3n) is 5.48. The summed E-state index contributed by atoms with van der Waals surface area (Å²) >= 11 is 0. The molecule has 22 heavy (non-hydrogen) atoms. The van der Waals surface area contributed by atoms with E-state index in [-0.39, 0.29) is 41.9 Å². The lowest BCUT2D eigenvalue weighted by Crippen LogP contribution is -2.37. The number of fused-ring (bicyclic) bond motifs is 5. The molecule has 3 saturated heterocycles. The molecule has 3 aliphatic rings. The highest BCUT2D eigenvalue weighted by Gasteiger charge is 2.63. The summed E-state index contributed by atoms with van der Waals surface area (Å²) in [5.41, 5.74) is 2.23. The Balaban J connectivity index is 1.68. The van der Waals surface area contributed by atoms with Gasteiger partial charge in [-0.15, -0.1) is 0 Å². The highest BCUT2D eigenvalue weighted by molar-refractivity contribution is 6.06. The molecule has 4 rings (SSSR count). The number of rotatable bonds is 3. The number of ether oxygens (including phenoxy) is 1. The maximum Gasteiger partial charge on any atom is 0.236 e. The molecular weight excluding hydrogens is 278 g/mol. The summed E-state index contributed by atoms with van der Waals surface area (Å²) in [6, 6.07) is 7.99. The van der Waals surface area contributed by atoms with Crippen LogP contribution in [0, 0.1) is 18.8 Å². The Bertz CT molecular complexity index is 596. The number of nitrogens with zero attached hydrogens (tertiary/aromatic N) is 1. The molecule has 3 aliphatic heterocycles. The summed E-state index contributed by atoms with van der Waals surface area (Å²) in [5.74, 6) is -0.499. The first kappa shape index (κ1) is 13.9. The van der Waals surface area contributed by atoms with E-state index in [0.717, 1.165) is 24.8 Å². The van der Waals surface area contributed by atoms with Crippen LogP contribution in [0.1, 0.15) is 43.4 Å². The molecule has 3 fully saturated rings. The van der Waals surface area contributed by atoms with E-state index >= 15 is 0 Å². The van der Waals surface area contributed by atoms with E-state index in [0.29, 0.717) is 0 Å². The highest BCUT2D eigenvalue weighted by Crippen LogP contribution is 2.50. The highest BCUT2D eigenvalue weighted by atomic mass is 16.5. The molecule has 0 spiro atoms. The predicted molar refractivity (Wildman–Crippen MR) is 80.9 cm³/mol. The lowest BCUT2D eigenvalue weighted by atomic mass is 9.81. The molecule has 0 aromatic heterocycles. The molecule has 0 unspecified atom stereocenters. The average Bonchev–Trinajstić information content (AvgIpc) is 3.18. The van der Waals surface area contributed by atoms with Crippen molar-refractivity contribution < 1.29 is 14.3 Å². The van der Waals surface area contributed by atoms with Crippen LogP contribution in [-0.2, 0) is 14.3 Å². The first-order chi connectivity index (χ1) is 10.6. The number of hydrogen-bond acceptors (Lipinski definition) is 3. The molecule has 0 N–H and O–H groups in total. The monoisotopic (exact) mass is 299 g/mol. The van der Waals surface area contributed by atoms with Crippen molar-refractivity contribution in [1.82, 2.24) is 4.90 Å². The van der Waals surface area contributed by atoms with Crippen LogP contribution in [0.25, 0.3) is 0 Å². The van der Waals surface area contributed by atoms with E-state index in [1.165, 1.54) is 10.5 Å². The summed E-state index contributed by atoms with van der Waals surface area (Å²) in [7, 11) is 0. The van der Waals surface area contributed by atoms with Gasteiger partial charge in [-0.1, -0.05) is 36.8 Å². The molecule has 2 bridgehead atoms. The quantitative estimate of drug-likeness (QED) is 0.806. The van der Waals surface area contributed by atoms with Crippen molar-refractivity contribution in [1.29, 1.82) is 0 Å². The fourth-order valence-corrected chi connectivity index (χ4v) is 4.40. The van der Waals surface area contributed by atoms with Crippen molar-refractivity contribution in [3.05, 3.63) is 35.4 Å². The second-order valence-corrected chi connectivity index (χ2v) is 6.72. The number of likely N-dealkylation sites (tertiary alicyclic amines) is 1. The summed E-state index contributed by atoms with van der Waals surface area (Å²) < 4.78 is 5.79. The zero-order chi connectivity index (χ0) is 15.4. The van der Waals surface area contributed by atoms with Crippen molar-refractivity contribution >= 4 is 11.8 Å². The average molecular weight is 299 g/mol. The molecule has 4 nitrogen and oxygen atoms in total. The first-order valence-corrected chi connectivity index (χ1v) is 8.20. The molecule has 2 amide bonds. The largest absolute Gasteiger partial charge is 0.373 e. The Labute approximate surface area is 130 Å². The van der Waals surface area contributed by atoms with E-state index in [9.17, 15) is 9.59 Å². The molecule has 4 heteroatoms. The van der Waals surface area contributed by atoms with Crippen molar-refractivity contribution in [2.45, 2.75) is 51.4 Å². The van der Waals surface area contributed by atoms with Crippen LogP contribution < -0.4 is 0 Å². The van der Waals surface area contributed by atoms with Crippen LogP contribution in [0.5, 0.6) is 0 Å². The van der Waals surface area contributed by atoms with Crippen LogP contribution >= 0.6 is 0 Å². The van der Waals surface area contributed by atoms with Gasteiger partial charge in [0.15, 0.2) is 0 Å². The molecule has 3 heterocycles. The zero-order valence-electron chi connectivity index (χ0n) is 13.0. The van der Waals surface area contributed by atoms with Crippen LogP contribution in [0.3, 0.4) is 0 Å². The topological polar surface area (TPSA) is 46.6 Å². The second kappa shape index (κ2) is 4.92. The van der Waals surface area contributed by atoms with Crippen LogP contribution in [-0.4, -0.2) is 28.9 Å². The SMILES string of the molecule is CC[C@H](c1ccc(C)cc1)N1C(=O)[C@@H]2[C@@H](C1=O)[C@@H]1CC[C@@H]2O1.